The zero-order chi connectivity index (χ0) is 12.7. The molecule has 2 rings (SSSR count). The summed E-state index contributed by atoms with van der Waals surface area (Å²) in [6, 6.07) is 2.60. The first-order chi connectivity index (χ1) is 8.11. The van der Waals surface area contributed by atoms with E-state index in [-0.39, 0.29) is 49.3 Å². The van der Waals surface area contributed by atoms with Gasteiger partial charge in [-0.2, -0.15) is 0 Å². The van der Waals surface area contributed by atoms with E-state index in [0.717, 1.165) is 19.4 Å². The number of nitrogens with zero attached hydrogens (tertiary/aromatic N) is 1. The van der Waals surface area contributed by atoms with Crippen molar-refractivity contribution in [3.63, 3.8) is 0 Å². The van der Waals surface area contributed by atoms with Gasteiger partial charge in [0, 0.05) is 24.0 Å². The standard InChI is InChI=1S/C6H5NO2.C5H9NO2.2Li/c8-6(9)5-2-1-3-7-4-5;7-5(8)4-2-1-3-6-4;;/h1-4H,(H,8,9);4,6H,1-3H2,(H,7,8);;/q;;2*+1/p-2/t;4-;;/m.0../s1. The zero-order valence-corrected chi connectivity index (χ0v) is 11.1. The normalized spacial score (nSPS) is 16.1. The minimum absolute atomic E-state index is 0. The van der Waals surface area contributed by atoms with Gasteiger partial charge in [-0.1, -0.05) is 6.07 Å². The summed E-state index contributed by atoms with van der Waals surface area (Å²) in [5.41, 5.74) is 0.109. The van der Waals surface area contributed by atoms with Gasteiger partial charge >= 0.3 is 37.7 Å². The second kappa shape index (κ2) is 11.1. The van der Waals surface area contributed by atoms with Gasteiger partial charge in [-0.05, 0) is 25.5 Å². The third-order valence-electron chi connectivity index (χ3n) is 2.24. The number of hydrogen-bond donors (Lipinski definition) is 1. The van der Waals surface area contributed by atoms with Gasteiger partial charge in [-0.3, -0.25) is 4.98 Å². The quantitative estimate of drug-likeness (QED) is 0.522. The van der Waals surface area contributed by atoms with Crippen molar-refractivity contribution in [2.24, 2.45) is 0 Å². The van der Waals surface area contributed by atoms with Crippen molar-refractivity contribution in [2.45, 2.75) is 18.9 Å². The number of aromatic nitrogens is 1. The summed E-state index contributed by atoms with van der Waals surface area (Å²) < 4.78 is 0. The number of pyridine rings is 1. The van der Waals surface area contributed by atoms with Crippen molar-refractivity contribution in [3.05, 3.63) is 30.1 Å². The molecule has 1 aromatic rings. The van der Waals surface area contributed by atoms with E-state index in [9.17, 15) is 19.8 Å². The molecule has 8 heteroatoms. The first-order valence-corrected chi connectivity index (χ1v) is 5.17. The Hall–Kier alpha value is -0.755. The van der Waals surface area contributed by atoms with Crippen LogP contribution in [0, 0.1) is 0 Å². The van der Waals surface area contributed by atoms with Gasteiger partial charge in [0.2, 0.25) is 0 Å². The van der Waals surface area contributed by atoms with Gasteiger partial charge in [-0.25, -0.2) is 0 Å². The number of hydrogen-bond acceptors (Lipinski definition) is 6. The fraction of sp³-hybridized carbons (Fsp3) is 0.364. The molecule has 6 nitrogen and oxygen atoms in total. The third-order valence-corrected chi connectivity index (χ3v) is 2.24. The maximum Gasteiger partial charge on any atom is 1.00 e. The van der Waals surface area contributed by atoms with Gasteiger partial charge < -0.3 is 25.1 Å². The average molecular weight is 250 g/mol. The number of aromatic carboxylic acids is 1. The molecular weight excluding hydrogens is 238 g/mol. The molecular formula is C11H12Li2N2O4. The van der Waals surface area contributed by atoms with Crippen LogP contribution in [0.5, 0.6) is 0 Å². The van der Waals surface area contributed by atoms with Crippen LogP contribution < -0.4 is 53.3 Å². The van der Waals surface area contributed by atoms with Crippen molar-refractivity contribution in [2.75, 3.05) is 6.54 Å². The van der Waals surface area contributed by atoms with E-state index in [1.807, 2.05) is 0 Å². The molecule has 1 N–H and O–H groups in total. The van der Waals surface area contributed by atoms with Crippen LogP contribution >= 0.6 is 0 Å². The van der Waals surface area contributed by atoms with E-state index in [1.54, 1.807) is 6.07 Å². The SMILES string of the molecule is O=C([O-])[C@@H]1CCCN1.O=C([O-])c1cccnc1.[Li+].[Li+]. The molecule has 1 aliphatic heterocycles. The predicted octanol–water partition coefficient (Wildman–Crippen LogP) is -8.06. The number of carbonyl (C=O) groups excluding carboxylic acids is 2. The molecule has 1 aromatic heterocycles. The Kier molecular flexibility index (Phi) is 12.0. The van der Waals surface area contributed by atoms with E-state index >= 15 is 0 Å². The van der Waals surface area contributed by atoms with Crippen LogP contribution in [0.25, 0.3) is 0 Å². The van der Waals surface area contributed by atoms with Gasteiger partial charge in [-0.15, -0.1) is 0 Å². The summed E-state index contributed by atoms with van der Waals surface area (Å²) in [5.74, 6) is -2.16. The summed E-state index contributed by atoms with van der Waals surface area (Å²) in [7, 11) is 0. The van der Waals surface area contributed by atoms with Crippen LogP contribution in [0.2, 0.25) is 0 Å². The van der Waals surface area contributed by atoms with Crippen LogP contribution in [0.1, 0.15) is 23.2 Å². The van der Waals surface area contributed by atoms with Crippen LogP contribution in [-0.2, 0) is 4.79 Å². The Morgan fingerprint density at radius 1 is 1.32 bits per heavy atom. The van der Waals surface area contributed by atoms with Crippen molar-refractivity contribution < 1.29 is 57.5 Å². The molecule has 92 valence electrons. The van der Waals surface area contributed by atoms with Gasteiger partial charge in [0.1, 0.15) is 0 Å². The van der Waals surface area contributed by atoms with E-state index < -0.39 is 11.9 Å². The Bertz CT molecular complexity index is 384. The van der Waals surface area contributed by atoms with E-state index in [1.165, 1.54) is 18.5 Å². The van der Waals surface area contributed by atoms with Gasteiger partial charge in [0.15, 0.2) is 0 Å². The Balaban J connectivity index is 0. The fourth-order valence-electron chi connectivity index (χ4n) is 1.37. The monoisotopic (exact) mass is 250 g/mol. The summed E-state index contributed by atoms with van der Waals surface area (Å²) in [4.78, 5) is 23.7. The smallest absolute Gasteiger partial charge is 0.548 e. The minimum Gasteiger partial charge on any atom is -0.548 e. The van der Waals surface area contributed by atoms with Crippen molar-refractivity contribution in [1.82, 2.24) is 10.3 Å². The average Bonchev–Trinajstić information content (AvgIpc) is 2.84. The largest absolute Gasteiger partial charge is 1.00 e. The van der Waals surface area contributed by atoms with E-state index in [2.05, 4.69) is 10.3 Å². The van der Waals surface area contributed by atoms with Crippen LogP contribution in [0.4, 0.5) is 0 Å². The minimum atomic E-state index is -1.19. The fourth-order valence-corrected chi connectivity index (χ4v) is 1.37. The van der Waals surface area contributed by atoms with Crippen LogP contribution in [0.15, 0.2) is 24.5 Å². The van der Waals surface area contributed by atoms with E-state index in [0.29, 0.717) is 0 Å². The molecule has 1 saturated heterocycles. The maximum absolute atomic E-state index is 10.0. The number of nitrogens with one attached hydrogen (secondary N) is 1. The molecule has 1 aliphatic rings. The second-order valence-corrected chi connectivity index (χ2v) is 3.50. The van der Waals surface area contributed by atoms with Crippen molar-refractivity contribution in [1.29, 1.82) is 0 Å². The topological polar surface area (TPSA) is 105 Å². The summed E-state index contributed by atoms with van der Waals surface area (Å²) in [5, 5.41) is 22.9. The Morgan fingerprint density at radius 2 is 2.00 bits per heavy atom. The zero-order valence-electron chi connectivity index (χ0n) is 11.1. The molecule has 1 fully saturated rings. The molecule has 2 heterocycles. The first kappa shape index (κ1) is 20.6. The number of carboxylic acids is 2. The third kappa shape index (κ3) is 8.10. The molecule has 0 spiro atoms. The van der Waals surface area contributed by atoms with Crippen molar-refractivity contribution in [3.8, 4) is 0 Å². The molecule has 0 unspecified atom stereocenters. The predicted molar refractivity (Wildman–Crippen MR) is 54.6 cm³/mol. The maximum atomic E-state index is 10.0. The molecule has 0 aromatic carbocycles. The molecule has 0 bridgehead atoms. The molecule has 0 saturated carbocycles. The summed E-state index contributed by atoms with van der Waals surface area (Å²) in [6.07, 6.45) is 4.43. The molecule has 0 aliphatic carbocycles. The van der Waals surface area contributed by atoms with E-state index in [4.69, 9.17) is 0 Å². The van der Waals surface area contributed by atoms with Gasteiger partial charge in [0.25, 0.3) is 0 Å². The first-order valence-electron chi connectivity index (χ1n) is 5.17. The summed E-state index contributed by atoms with van der Waals surface area (Å²) >= 11 is 0. The molecule has 0 radical (unpaired) electrons. The number of aliphatic carboxylic acids is 1. The number of rotatable bonds is 2. The molecule has 1 atom stereocenters. The van der Waals surface area contributed by atoms with Crippen LogP contribution in [0.3, 0.4) is 0 Å². The second-order valence-electron chi connectivity index (χ2n) is 3.50. The number of carbonyl (C=O) groups is 2. The van der Waals surface area contributed by atoms with Crippen molar-refractivity contribution >= 4 is 11.9 Å². The van der Waals surface area contributed by atoms with Crippen LogP contribution in [-0.4, -0.2) is 29.5 Å². The Morgan fingerprint density at radius 3 is 2.26 bits per heavy atom. The number of carboxylic acid groups (broad SMARTS) is 2. The molecule has 19 heavy (non-hydrogen) atoms. The molecule has 0 amide bonds. The summed E-state index contributed by atoms with van der Waals surface area (Å²) in [6.45, 7) is 0.818. The Labute approximate surface area is 135 Å². The van der Waals surface area contributed by atoms with Gasteiger partial charge in [0.05, 0.1) is 11.9 Å².